The first kappa shape index (κ1) is 15.9. The topological polar surface area (TPSA) is 92.5 Å². The molecular formula is C11H19N3O3S2. The van der Waals surface area contributed by atoms with Crippen LogP contribution in [0.5, 0.6) is 0 Å². The summed E-state index contributed by atoms with van der Waals surface area (Å²) in [6, 6.07) is 1.38. The fraction of sp³-hybridized carbons (Fsp3) is 0.545. The minimum absolute atomic E-state index is 0.0220. The standard InChI is InChI=1S/C11H19N3O3S2/c1-4-14(6-10(15)13-8(2)3)19(16,17)11-5-9(12)7-18-11/h5,7-8H,4,6,12H2,1-3H3,(H,13,15). The van der Waals surface area contributed by atoms with Crippen molar-refractivity contribution in [2.75, 3.05) is 18.8 Å². The highest BCUT2D eigenvalue weighted by Crippen LogP contribution is 2.24. The van der Waals surface area contributed by atoms with Crippen LogP contribution in [0.15, 0.2) is 15.7 Å². The smallest absolute Gasteiger partial charge is 0.253 e. The zero-order valence-corrected chi connectivity index (χ0v) is 12.8. The number of carbonyl (C=O) groups excluding carboxylic acids is 1. The molecule has 6 nitrogen and oxygen atoms in total. The van der Waals surface area contributed by atoms with E-state index in [9.17, 15) is 13.2 Å². The van der Waals surface area contributed by atoms with Gasteiger partial charge >= 0.3 is 0 Å². The highest BCUT2D eigenvalue weighted by Gasteiger charge is 2.26. The lowest BCUT2D eigenvalue weighted by Gasteiger charge is -2.19. The van der Waals surface area contributed by atoms with Crippen molar-refractivity contribution in [3.8, 4) is 0 Å². The van der Waals surface area contributed by atoms with Gasteiger partial charge < -0.3 is 11.1 Å². The molecular weight excluding hydrogens is 286 g/mol. The lowest BCUT2D eigenvalue weighted by atomic mass is 10.4. The van der Waals surface area contributed by atoms with E-state index in [1.807, 2.05) is 13.8 Å². The Bertz CT molecular complexity index is 537. The van der Waals surface area contributed by atoms with Crippen molar-refractivity contribution in [3.05, 3.63) is 11.4 Å². The Morgan fingerprint density at radius 3 is 2.58 bits per heavy atom. The predicted octanol–water partition coefficient (Wildman–Crippen LogP) is 0.865. The highest BCUT2D eigenvalue weighted by atomic mass is 32.2. The molecule has 3 N–H and O–H groups in total. The first-order valence-corrected chi connectivity index (χ1v) is 8.22. The largest absolute Gasteiger partial charge is 0.398 e. The molecule has 0 aromatic carbocycles. The Labute approximate surface area is 117 Å². The maximum absolute atomic E-state index is 12.3. The molecule has 0 radical (unpaired) electrons. The third-order valence-corrected chi connectivity index (χ3v) is 5.67. The lowest BCUT2D eigenvalue weighted by molar-refractivity contribution is -0.121. The summed E-state index contributed by atoms with van der Waals surface area (Å²) in [5.41, 5.74) is 5.94. The Morgan fingerprint density at radius 2 is 2.16 bits per heavy atom. The van der Waals surface area contributed by atoms with E-state index in [2.05, 4.69) is 5.32 Å². The maximum Gasteiger partial charge on any atom is 0.253 e. The van der Waals surface area contributed by atoms with Crippen LogP contribution in [0.1, 0.15) is 20.8 Å². The molecule has 8 heteroatoms. The number of nitrogens with zero attached hydrogens (tertiary/aromatic N) is 1. The van der Waals surface area contributed by atoms with Gasteiger partial charge in [-0.1, -0.05) is 6.92 Å². The number of nitrogens with two attached hydrogens (primary N) is 1. The summed E-state index contributed by atoms with van der Waals surface area (Å²) >= 11 is 1.05. The van der Waals surface area contributed by atoms with Crippen LogP contribution in [0.3, 0.4) is 0 Å². The van der Waals surface area contributed by atoms with Crippen LogP contribution in [0.4, 0.5) is 5.69 Å². The van der Waals surface area contributed by atoms with Gasteiger partial charge in [-0.05, 0) is 19.9 Å². The molecule has 108 valence electrons. The van der Waals surface area contributed by atoms with Gasteiger partial charge in [-0.25, -0.2) is 8.42 Å². The van der Waals surface area contributed by atoms with Crippen LogP contribution in [0.25, 0.3) is 0 Å². The number of hydrogen-bond donors (Lipinski definition) is 2. The van der Waals surface area contributed by atoms with E-state index in [0.29, 0.717) is 5.69 Å². The van der Waals surface area contributed by atoms with Crippen molar-refractivity contribution >= 4 is 33.0 Å². The highest BCUT2D eigenvalue weighted by molar-refractivity contribution is 7.91. The number of thiophene rings is 1. The Balaban J connectivity index is 2.87. The molecule has 1 amide bonds. The molecule has 1 rings (SSSR count). The summed E-state index contributed by atoms with van der Waals surface area (Å²) in [5, 5.41) is 4.23. The quantitative estimate of drug-likeness (QED) is 0.815. The Hall–Kier alpha value is -1.12. The number of likely N-dealkylation sites (N-methyl/N-ethyl adjacent to an activating group) is 1. The van der Waals surface area contributed by atoms with Crippen molar-refractivity contribution in [2.45, 2.75) is 31.0 Å². The molecule has 0 bridgehead atoms. The van der Waals surface area contributed by atoms with Gasteiger partial charge in [0.2, 0.25) is 5.91 Å². The number of amides is 1. The fourth-order valence-corrected chi connectivity index (χ4v) is 4.13. The van der Waals surface area contributed by atoms with E-state index in [4.69, 9.17) is 5.73 Å². The Morgan fingerprint density at radius 1 is 1.53 bits per heavy atom. The second-order valence-corrected chi connectivity index (χ2v) is 7.43. The van der Waals surface area contributed by atoms with E-state index in [1.165, 1.54) is 6.07 Å². The van der Waals surface area contributed by atoms with Gasteiger partial charge in [0, 0.05) is 23.7 Å². The molecule has 0 fully saturated rings. The second kappa shape index (κ2) is 6.36. The SMILES string of the molecule is CCN(CC(=O)NC(C)C)S(=O)(=O)c1cc(N)cs1. The number of anilines is 1. The molecule has 1 aromatic rings. The summed E-state index contributed by atoms with van der Waals surface area (Å²) < 4.78 is 25.9. The van der Waals surface area contributed by atoms with Gasteiger partial charge in [0.1, 0.15) is 4.21 Å². The summed E-state index contributed by atoms with van der Waals surface area (Å²) in [6.07, 6.45) is 0. The number of hydrogen-bond acceptors (Lipinski definition) is 5. The molecule has 0 aliphatic carbocycles. The average molecular weight is 305 g/mol. The van der Waals surface area contributed by atoms with Crippen molar-refractivity contribution in [3.63, 3.8) is 0 Å². The first-order chi connectivity index (χ1) is 8.77. The number of sulfonamides is 1. The molecule has 1 heterocycles. The average Bonchev–Trinajstić information content (AvgIpc) is 2.72. The van der Waals surface area contributed by atoms with Crippen LogP contribution in [-0.2, 0) is 14.8 Å². The molecule has 19 heavy (non-hydrogen) atoms. The van der Waals surface area contributed by atoms with E-state index in [0.717, 1.165) is 15.6 Å². The molecule has 0 unspecified atom stereocenters. The van der Waals surface area contributed by atoms with Crippen molar-refractivity contribution < 1.29 is 13.2 Å². The number of carbonyl (C=O) groups is 1. The zero-order valence-electron chi connectivity index (χ0n) is 11.2. The van der Waals surface area contributed by atoms with Crippen LogP contribution < -0.4 is 11.1 Å². The Kier molecular flexibility index (Phi) is 5.33. The van der Waals surface area contributed by atoms with E-state index < -0.39 is 10.0 Å². The summed E-state index contributed by atoms with van der Waals surface area (Å²) in [6.45, 7) is 5.38. The molecule has 0 aliphatic rings. The number of rotatable bonds is 6. The van der Waals surface area contributed by atoms with Gasteiger partial charge in [0.15, 0.2) is 0 Å². The van der Waals surface area contributed by atoms with E-state index in [1.54, 1.807) is 12.3 Å². The molecule has 0 saturated carbocycles. The van der Waals surface area contributed by atoms with Crippen LogP contribution in [-0.4, -0.2) is 37.8 Å². The molecule has 0 aliphatic heterocycles. The van der Waals surface area contributed by atoms with Gasteiger partial charge in [-0.15, -0.1) is 11.3 Å². The maximum atomic E-state index is 12.3. The summed E-state index contributed by atoms with van der Waals surface area (Å²) in [7, 11) is -3.65. The van der Waals surface area contributed by atoms with Crippen LogP contribution in [0.2, 0.25) is 0 Å². The predicted molar refractivity (Wildman–Crippen MR) is 76.4 cm³/mol. The second-order valence-electron chi connectivity index (χ2n) is 4.35. The van der Waals surface area contributed by atoms with E-state index in [-0.39, 0.29) is 29.2 Å². The zero-order chi connectivity index (χ0) is 14.6. The molecule has 0 atom stereocenters. The third-order valence-electron chi connectivity index (χ3n) is 2.31. The summed E-state index contributed by atoms with van der Waals surface area (Å²) in [4.78, 5) is 11.7. The van der Waals surface area contributed by atoms with Crippen LogP contribution >= 0.6 is 11.3 Å². The molecule has 0 saturated heterocycles. The van der Waals surface area contributed by atoms with Gasteiger partial charge in [0.25, 0.3) is 10.0 Å². The first-order valence-electron chi connectivity index (χ1n) is 5.91. The number of nitrogen functional groups attached to an aromatic ring is 1. The minimum atomic E-state index is -3.65. The van der Waals surface area contributed by atoms with Crippen LogP contribution in [0, 0.1) is 0 Å². The monoisotopic (exact) mass is 305 g/mol. The van der Waals surface area contributed by atoms with Crippen molar-refractivity contribution in [1.82, 2.24) is 9.62 Å². The summed E-state index contributed by atoms with van der Waals surface area (Å²) in [5.74, 6) is -0.315. The van der Waals surface area contributed by atoms with Crippen molar-refractivity contribution in [2.24, 2.45) is 0 Å². The fourth-order valence-electron chi connectivity index (χ4n) is 1.49. The normalized spacial score (nSPS) is 12.1. The van der Waals surface area contributed by atoms with Gasteiger partial charge in [0.05, 0.1) is 6.54 Å². The third kappa shape index (κ3) is 4.19. The van der Waals surface area contributed by atoms with Gasteiger partial charge in [-0.3, -0.25) is 4.79 Å². The van der Waals surface area contributed by atoms with E-state index >= 15 is 0 Å². The lowest BCUT2D eigenvalue weighted by Crippen LogP contribution is -2.42. The number of nitrogens with one attached hydrogen (secondary N) is 1. The minimum Gasteiger partial charge on any atom is -0.398 e. The van der Waals surface area contributed by atoms with Gasteiger partial charge in [-0.2, -0.15) is 4.31 Å². The molecule has 1 aromatic heterocycles. The molecule has 0 spiro atoms. The van der Waals surface area contributed by atoms with Crippen molar-refractivity contribution in [1.29, 1.82) is 0 Å².